The van der Waals surface area contributed by atoms with Gasteiger partial charge in [-0.2, -0.15) is 0 Å². The molecule has 0 amide bonds. The van der Waals surface area contributed by atoms with Crippen molar-refractivity contribution in [2.45, 2.75) is 80.1 Å². The van der Waals surface area contributed by atoms with E-state index in [1.165, 1.54) is 34.2 Å². The van der Waals surface area contributed by atoms with Crippen molar-refractivity contribution in [1.29, 1.82) is 0 Å². The molecular formula is C24H36AlN3. The predicted molar refractivity (Wildman–Crippen MR) is 122 cm³/mol. The summed E-state index contributed by atoms with van der Waals surface area (Å²) in [6, 6.07) is 14.2. The second kappa shape index (κ2) is 9.25. The molecule has 0 aromatic carbocycles. The third kappa shape index (κ3) is 3.53. The molecule has 3 rings (SSSR count). The molecule has 3 aromatic heterocycles. The van der Waals surface area contributed by atoms with Crippen molar-refractivity contribution >= 4 is 14.8 Å². The Morgan fingerprint density at radius 3 is 0.750 bits per heavy atom. The summed E-state index contributed by atoms with van der Waals surface area (Å²) in [4.78, 5) is 0. The van der Waals surface area contributed by atoms with E-state index < -0.39 is 14.8 Å². The Balaban J connectivity index is 2.39. The minimum atomic E-state index is -1.75. The molecule has 0 aliphatic carbocycles. The van der Waals surface area contributed by atoms with E-state index in [4.69, 9.17) is 0 Å². The molecule has 150 valence electrons. The van der Waals surface area contributed by atoms with Gasteiger partial charge in [-0.1, -0.05) is 41.5 Å². The minimum absolute atomic E-state index is 1.08. The lowest BCUT2D eigenvalue weighted by atomic mass is 10.3. The normalized spacial score (nSPS) is 11.4. The summed E-state index contributed by atoms with van der Waals surface area (Å²) in [6.45, 7) is 13.8. The second-order valence-corrected chi connectivity index (χ2v) is 9.77. The van der Waals surface area contributed by atoms with Crippen molar-refractivity contribution in [3.05, 3.63) is 70.6 Å². The minimum Gasteiger partial charge on any atom is -0.403 e. The van der Waals surface area contributed by atoms with Crippen molar-refractivity contribution in [3.63, 3.8) is 0 Å². The Bertz CT molecular complexity index is 729. The van der Waals surface area contributed by atoms with Gasteiger partial charge in [-0.3, -0.25) is 0 Å². The fraction of sp³-hybridized carbons (Fsp3) is 0.500. The highest BCUT2D eigenvalue weighted by atomic mass is 27.2. The van der Waals surface area contributed by atoms with Crippen LogP contribution in [0.2, 0.25) is 0 Å². The number of aryl methyl sites for hydroxylation is 6. The fourth-order valence-electron chi connectivity index (χ4n) is 4.58. The first-order valence-corrected chi connectivity index (χ1v) is 12.8. The van der Waals surface area contributed by atoms with Crippen LogP contribution in [-0.2, 0) is 38.5 Å². The zero-order chi connectivity index (χ0) is 20.3. The van der Waals surface area contributed by atoms with Crippen LogP contribution in [0.3, 0.4) is 0 Å². The monoisotopic (exact) mass is 393 g/mol. The third-order valence-electron chi connectivity index (χ3n) is 6.13. The third-order valence-corrected chi connectivity index (χ3v) is 9.50. The molecule has 4 heteroatoms. The van der Waals surface area contributed by atoms with E-state index in [1.54, 1.807) is 0 Å². The first kappa shape index (κ1) is 21.1. The highest BCUT2D eigenvalue weighted by Crippen LogP contribution is 2.23. The first-order chi connectivity index (χ1) is 13.6. The molecule has 0 aliphatic rings. The molecule has 0 N–H and O–H groups in total. The first-order valence-electron chi connectivity index (χ1n) is 11.2. The van der Waals surface area contributed by atoms with Gasteiger partial charge in [0.1, 0.15) is 0 Å². The summed E-state index contributed by atoms with van der Waals surface area (Å²) >= 11 is -1.75. The fourth-order valence-corrected chi connectivity index (χ4v) is 8.66. The van der Waals surface area contributed by atoms with E-state index in [2.05, 4.69) is 88.6 Å². The number of nitrogens with zero attached hydrogens (tertiary/aromatic N) is 3. The van der Waals surface area contributed by atoms with Gasteiger partial charge < -0.3 is 10.7 Å². The average molecular weight is 394 g/mol. The van der Waals surface area contributed by atoms with E-state index in [-0.39, 0.29) is 0 Å². The van der Waals surface area contributed by atoms with E-state index in [0.29, 0.717) is 0 Å². The summed E-state index contributed by atoms with van der Waals surface area (Å²) in [5.41, 5.74) is 8.86. The van der Waals surface area contributed by atoms with E-state index >= 15 is 0 Å². The maximum absolute atomic E-state index is 2.75. The largest absolute Gasteiger partial charge is 0.755 e. The molecule has 0 bridgehead atoms. The molecule has 3 heterocycles. The summed E-state index contributed by atoms with van der Waals surface area (Å²) in [7, 11) is 0. The van der Waals surface area contributed by atoms with E-state index in [0.717, 1.165) is 38.5 Å². The van der Waals surface area contributed by atoms with Crippen LogP contribution in [0.15, 0.2) is 36.4 Å². The van der Waals surface area contributed by atoms with Crippen LogP contribution in [0.1, 0.15) is 75.7 Å². The van der Waals surface area contributed by atoms with Crippen molar-refractivity contribution in [2.24, 2.45) is 0 Å². The van der Waals surface area contributed by atoms with Crippen LogP contribution in [0.5, 0.6) is 0 Å². The van der Waals surface area contributed by atoms with Crippen molar-refractivity contribution in [2.75, 3.05) is 0 Å². The molecule has 3 aromatic rings. The van der Waals surface area contributed by atoms with Crippen molar-refractivity contribution in [3.8, 4) is 0 Å². The van der Waals surface area contributed by atoms with Crippen LogP contribution in [0, 0.1) is 0 Å². The Morgan fingerprint density at radius 1 is 0.429 bits per heavy atom. The predicted octanol–water partition coefficient (Wildman–Crippen LogP) is 5.40. The van der Waals surface area contributed by atoms with Crippen LogP contribution in [0.4, 0.5) is 0 Å². The van der Waals surface area contributed by atoms with Gasteiger partial charge in [-0.05, 0) is 109 Å². The standard InChI is InChI=1S/3C8H12N.Al/c3*1-3-7-5-6-8(4-2)9-7;/h3*5-6H,3-4H2,1-2H3;/q3*-1;+3. The zero-order valence-electron chi connectivity index (χ0n) is 18.6. The smallest absolute Gasteiger partial charge is 0.403 e. The molecule has 0 fully saturated rings. The lowest BCUT2D eigenvalue weighted by Crippen LogP contribution is -2.46. The molecule has 0 atom stereocenters. The summed E-state index contributed by atoms with van der Waals surface area (Å²) in [6.07, 6.45) is 6.49. The second-order valence-electron chi connectivity index (χ2n) is 7.53. The number of hydrogen-bond acceptors (Lipinski definition) is 0. The van der Waals surface area contributed by atoms with E-state index in [1.807, 2.05) is 0 Å². The van der Waals surface area contributed by atoms with Gasteiger partial charge in [0.25, 0.3) is 0 Å². The lowest BCUT2D eigenvalue weighted by Gasteiger charge is -2.28. The molecule has 0 saturated heterocycles. The van der Waals surface area contributed by atoms with Crippen molar-refractivity contribution in [1.82, 2.24) is 10.7 Å². The maximum Gasteiger partial charge on any atom is 0.755 e. The van der Waals surface area contributed by atoms with Gasteiger partial charge in [0.2, 0.25) is 0 Å². The van der Waals surface area contributed by atoms with Gasteiger partial charge in [0, 0.05) is 0 Å². The van der Waals surface area contributed by atoms with Crippen LogP contribution in [-0.4, -0.2) is 25.5 Å². The van der Waals surface area contributed by atoms with Gasteiger partial charge in [0.05, 0.1) is 0 Å². The Labute approximate surface area is 176 Å². The van der Waals surface area contributed by atoms with Gasteiger partial charge in [-0.25, -0.2) is 0 Å². The van der Waals surface area contributed by atoms with Crippen LogP contribution >= 0.6 is 0 Å². The Morgan fingerprint density at radius 2 is 0.607 bits per heavy atom. The molecule has 3 nitrogen and oxygen atoms in total. The number of hydrogen-bond donors (Lipinski definition) is 0. The van der Waals surface area contributed by atoms with E-state index in [9.17, 15) is 0 Å². The number of rotatable bonds is 9. The maximum atomic E-state index is 2.75. The Kier molecular flexibility index (Phi) is 6.96. The highest BCUT2D eigenvalue weighted by molar-refractivity contribution is 6.55. The van der Waals surface area contributed by atoms with Crippen LogP contribution < -0.4 is 0 Å². The average Bonchev–Trinajstić information content (AvgIpc) is 3.44. The lowest BCUT2D eigenvalue weighted by molar-refractivity contribution is 0.785. The molecule has 0 radical (unpaired) electrons. The molecular weight excluding hydrogens is 357 g/mol. The van der Waals surface area contributed by atoms with Gasteiger partial charge in [-0.15, -0.1) is 0 Å². The molecule has 28 heavy (non-hydrogen) atoms. The summed E-state index contributed by atoms with van der Waals surface area (Å²) < 4.78 is 8.24. The molecule has 0 aliphatic heterocycles. The SMILES string of the molecule is CCc1ccc(CC)[n]1[Al]([n]1c(CC)ccc1CC)[n]1c(CC)ccc1CC. The zero-order valence-corrected chi connectivity index (χ0v) is 19.8. The molecule has 0 spiro atoms. The molecule has 0 unspecified atom stereocenters. The van der Waals surface area contributed by atoms with Crippen molar-refractivity contribution < 1.29 is 0 Å². The quantitative estimate of drug-likeness (QED) is 0.433. The number of aromatic nitrogens is 3. The highest BCUT2D eigenvalue weighted by Gasteiger charge is 2.38. The van der Waals surface area contributed by atoms with Gasteiger partial charge in [0.15, 0.2) is 0 Å². The van der Waals surface area contributed by atoms with Crippen LogP contribution in [0.25, 0.3) is 0 Å². The van der Waals surface area contributed by atoms with Gasteiger partial charge >= 0.3 is 14.8 Å². The Hall–Kier alpha value is -1.63. The summed E-state index contributed by atoms with van der Waals surface area (Å²) in [5.74, 6) is 0. The topological polar surface area (TPSA) is 14.8 Å². The molecule has 0 saturated carbocycles. The summed E-state index contributed by atoms with van der Waals surface area (Å²) in [5, 5.41) is 0.